The van der Waals surface area contributed by atoms with Crippen molar-refractivity contribution >= 4 is 5.97 Å². The number of carbonyl (C=O) groups is 1. The van der Waals surface area contributed by atoms with E-state index in [1.807, 2.05) is 62.4 Å². The predicted octanol–water partition coefficient (Wildman–Crippen LogP) is 6.27. The Morgan fingerprint density at radius 3 is 1.74 bits per heavy atom. The molecule has 0 aliphatic carbocycles. The molecule has 4 nitrogen and oxygen atoms in total. The van der Waals surface area contributed by atoms with E-state index in [2.05, 4.69) is 0 Å². The first-order valence-electron chi connectivity index (χ1n) is 9.93. The predicted molar refractivity (Wildman–Crippen MR) is 122 cm³/mol. The normalized spacial score (nSPS) is 10.6. The fourth-order valence-corrected chi connectivity index (χ4v) is 3.39. The van der Waals surface area contributed by atoms with E-state index in [0.717, 1.165) is 33.4 Å². The molecule has 0 spiro atoms. The van der Waals surface area contributed by atoms with Gasteiger partial charge in [0.15, 0.2) is 0 Å². The van der Waals surface area contributed by atoms with E-state index in [4.69, 9.17) is 4.74 Å². The van der Waals surface area contributed by atoms with Gasteiger partial charge in [-0.3, -0.25) is 0 Å². The number of phenols is 2. The van der Waals surface area contributed by atoms with Crippen LogP contribution in [-0.2, 0) is 0 Å². The third kappa shape index (κ3) is 4.43. The van der Waals surface area contributed by atoms with Crippen LogP contribution in [0.4, 0.5) is 0 Å². The number of aromatic hydroxyl groups is 2. The number of esters is 1. The molecule has 0 aliphatic heterocycles. The molecule has 0 heterocycles. The number of carbonyl (C=O) groups excluding carboxylic acids is 1. The van der Waals surface area contributed by atoms with Gasteiger partial charge in [-0.25, -0.2) is 4.79 Å². The van der Waals surface area contributed by atoms with E-state index >= 15 is 0 Å². The van der Waals surface area contributed by atoms with Crippen LogP contribution in [-0.4, -0.2) is 16.2 Å². The molecule has 0 atom stereocenters. The van der Waals surface area contributed by atoms with Crippen LogP contribution < -0.4 is 4.74 Å². The van der Waals surface area contributed by atoms with Gasteiger partial charge in [0.25, 0.3) is 0 Å². The number of ether oxygens (including phenoxy) is 1. The third-order valence-electron chi connectivity index (χ3n) is 5.23. The molecule has 0 radical (unpaired) electrons. The van der Waals surface area contributed by atoms with Crippen molar-refractivity contribution in [3.63, 3.8) is 0 Å². The summed E-state index contributed by atoms with van der Waals surface area (Å²) in [4.78, 5) is 12.6. The van der Waals surface area contributed by atoms with Gasteiger partial charge in [-0.1, -0.05) is 36.4 Å². The Kier molecular flexibility index (Phi) is 5.46. The van der Waals surface area contributed by atoms with Gasteiger partial charge in [0.1, 0.15) is 17.2 Å². The second-order valence-corrected chi connectivity index (χ2v) is 7.50. The maximum absolute atomic E-state index is 12.6. The summed E-state index contributed by atoms with van der Waals surface area (Å²) in [6, 6.07) is 25.2. The lowest BCUT2D eigenvalue weighted by molar-refractivity contribution is 0.0733. The number of aryl methyl sites for hydroxylation is 2. The van der Waals surface area contributed by atoms with Crippen LogP contribution in [0.3, 0.4) is 0 Å². The summed E-state index contributed by atoms with van der Waals surface area (Å²) in [6.07, 6.45) is 0. The zero-order valence-electron chi connectivity index (χ0n) is 17.3. The first-order chi connectivity index (χ1) is 14.9. The molecule has 0 aliphatic rings. The van der Waals surface area contributed by atoms with E-state index in [-0.39, 0.29) is 11.5 Å². The molecule has 0 saturated heterocycles. The maximum Gasteiger partial charge on any atom is 0.343 e. The summed E-state index contributed by atoms with van der Waals surface area (Å²) in [5.74, 6) is 0.564. The number of benzene rings is 4. The van der Waals surface area contributed by atoms with Crippen LogP contribution in [0.5, 0.6) is 17.2 Å². The molecule has 0 amide bonds. The number of hydrogen-bond acceptors (Lipinski definition) is 4. The highest BCUT2D eigenvalue weighted by atomic mass is 16.5. The molecule has 2 N–H and O–H groups in total. The van der Waals surface area contributed by atoms with Crippen molar-refractivity contribution in [2.45, 2.75) is 13.8 Å². The van der Waals surface area contributed by atoms with Crippen molar-refractivity contribution in [3.8, 4) is 39.5 Å². The van der Waals surface area contributed by atoms with Crippen LogP contribution in [0.1, 0.15) is 21.5 Å². The fourth-order valence-electron chi connectivity index (χ4n) is 3.39. The summed E-state index contributed by atoms with van der Waals surface area (Å²) in [6.45, 7) is 3.75. The Labute approximate surface area is 181 Å². The zero-order chi connectivity index (χ0) is 22.0. The monoisotopic (exact) mass is 410 g/mol. The van der Waals surface area contributed by atoms with E-state index in [9.17, 15) is 15.0 Å². The van der Waals surface area contributed by atoms with Crippen molar-refractivity contribution < 1.29 is 19.7 Å². The summed E-state index contributed by atoms with van der Waals surface area (Å²) in [5.41, 5.74) is 5.98. The van der Waals surface area contributed by atoms with Crippen LogP contribution in [0.25, 0.3) is 22.3 Å². The van der Waals surface area contributed by atoms with Crippen LogP contribution >= 0.6 is 0 Å². The molecule has 4 aromatic carbocycles. The molecule has 154 valence electrons. The lowest BCUT2D eigenvalue weighted by Crippen LogP contribution is -2.09. The average molecular weight is 410 g/mol. The van der Waals surface area contributed by atoms with Crippen LogP contribution in [0.2, 0.25) is 0 Å². The van der Waals surface area contributed by atoms with Crippen molar-refractivity contribution in [3.05, 3.63) is 102 Å². The van der Waals surface area contributed by atoms with E-state index in [0.29, 0.717) is 11.3 Å². The van der Waals surface area contributed by atoms with Gasteiger partial charge in [-0.2, -0.15) is 0 Å². The molecule has 0 fully saturated rings. The minimum atomic E-state index is -0.423. The largest absolute Gasteiger partial charge is 0.508 e. The molecular formula is C27H22O4. The van der Waals surface area contributed by atoms with Gasteiger partial charge in [0, 0.05) is 0 Å². The standard InChI is InChI=1S/C27H22O4/c1-17-15-22(9-13-25(17)29)23-10-14-26(18(2)16-23)31-27(30)21-5-3-19(4-6-21)20-7-11-24(28)12-8-20/h3-16,28-29H,1-2H3. The van der Waals surface area contributed by atoms with Crippen molar-refractivity contribution in [2.24, 2.45) is 0 Å². The van der Waals surface area contributed by atoms with Crippen molar-refractivity contribution in [2.75, 3.05) is 0 Å². The van der Waals surface area contributed by atoms with Crippen molar-refractivity contribution in [1.29, 1.82) is 0 Å². The van der Waals surface area contributed by atoms with Crippen LogP contribution in [0, 0.1) is 13.8 Å². The summed E-state index contributed by atoms with van der Waals surface area (Å²) < 4.78 is 5.61. The Balaban J connectivity index is 1.50. The number of phenolic OH excluding ortho intramolecular Hbond substituents is 2. The Morgan fingerprint density at radius 2 is 1.16 bits per heavy atom. The van der Waals surface area contributed by atoms with Crippen LogP contribution in [0.15, 0.2) is 84.9 Å². The van der Waals surface area contributed by atoms with E-state index in [1.165, 1.54) is 0 Å². The summed E-state index contributed by atoms with van der Waals surface area (Å²) in [5, 5.41) is 19.1. The molecule has 4 aromatic rings. The molecule has 0 bridgehead atoms. The minimum absolute atomic E-state index is 0.214. The quantitative estimate of drug-likeness (QED) is 0.307. The molecule has 0 unspecified atom stereocenters. The van der Waals surface area contributed by atoms with Gasteiger partial charge in [0.05, 0.1) is 5.56 Å². The Bertz CT molecular complexity index is 1240. The SMILES string of the molecule is Cc1cc(-c2ccc(OC(=O)c3ccc(-c4ccc(O)cc4)cc3)c(C)c2)ccc1O. The lowest BCUT2D eigenvalue weighted by Gasteiger charge is -2.11. The number of rotatable bonds is 4. The smallest absolute Gasteiger partial charge is 0.343 e. The van der Waals surface area contributed by atoms with Crippen molar-refractivity contribution in [1.82, 2.24) is 0 Å². The second kappa shape index (κ2) is 8.36. The Morgan fingerprint density at radius 1 is 0.645 bits per heavy atom. The lowest BCUT2D eigenvalue weighted by atomic mass is 10.0. The highest BCUT2D eigenvalue weighted by Crippen LogP contribution is 2.30. The topological polar surface area (TPSA) is 66.8 Å². The molecule has 31 heavy (non-hydrogen) atoms. The minimum Gasteiger partial charge on any atom is -0.508 e. The highest BCUT2D eigenvalue weighted by molar-refractivity contribution is 5.92. The molecule has 0 aromatic heterocycles. The van der Waals surface area contributed by atoms with Gasteiger partial charge in [-0.05, 0) is 95.8 Å². The van der Waals surface area contributed by atoms with Gasteiger partial charge in [0.2, 0.25) is 0 Å². The second-order valence-electron chi connectivity index (χ2n) is 7.50. The first-order valence-corrected chi connectivity index (χ1v) is 9.93. The fraction of sp³-hybridized carbons (Fsp3) is 0.0741. The highest BCUT2D eigenvalue weighted by Gasteiger charge is 2.12. The summed E-state index contributed by atoms with van der Waals surface area (Å²) in [7, 11) is 0. The number of hydrogen-bond donors (Lipinski definition) is 2. The molecular weight excluding hydrogens is 388 g/mol. The zero-order valence-corrected chi connectivity index (χ0v) is 17.3. The summed E-state index contributed by atoms with van der Waals surface area (Å²) >= 11 is 0. The first kappa shape index (κ1) is 20.2. The van der Waals surface area contributed by atoms with Gasteiger partial charge < -0.3 is 14.9 Å². The third-order valence-corrected chi connectivity index (χ3v) is 5.23. The molecule has 0 saturated carbocycles. The molecule has 4 heteroatoms. The van der Waals surface area contributed by atoms with Gasteiger partial charge in [-0.15, -0.1) is 0 Å². The maximum atomic E-state index is 12.6. The van der Waals surface area contributed by atoms with E-state index in [1.54, 1.807) is 36.4 Å². The van der Waals surface area contributed by atoms with Gasteiger partial charge >= 0.3 is 5.97 Å². The average Bonchev–Trinajstić information content (AvgIpc) is 2.77. The van der Waals surface area contributed by atoms with E-state index < -0.39 is 5.97 Å². The molecule has 4 rings (SSSR count). The Hall–Kier alpha value is -4.05.